The summed E-state index contributed by atoms with van der Waals surface area (Å²) in [6.45, 7) is 1.69. The first-order valence-corrected chi connectivity index (χ1v) is 6.46. The maximum Gasteiger partial charge on any atom is 0.274 e. The molecule has 2 aromatic rings. The molecular formula is C10H10N2O5S. The second-order valence-corrected chi connectivity index (χ2v) is 5.23. The van der Waals surface area contributed by atoms with Gasteiger partial charge in [0.05, 0.1) is 12.2 Å². The Balaban J connectivity index is 2.09. The number of hydrogen-bond donors (Lipinski definition) is 1. The fraction of sp³-hybridized carbons (Fsp3) is 0.200. The van der Waals surface area contributed by atoms with Crippen molar-refractivity contribution < 1.29 is 22.2 Å². The van der Waals surface area contributed by atoms with E-state index in [-0.39, 0.29) is 17.4 Å². The number of furan rings is 1. The highest BCUT2D eigenvalue weighted by Gasteiger charge is 2.19. The molecule has 0 aromatic carbocycles. The maximum absolute atomic E-state index is 11.8. The predicted octanol–water partition coefficient (Wildman–Crippen LogP) is 0.867. The minimum Gasteiger partial charge on any atom is -0.440 e. The van der Waals surface area contributed by atoms with Gasteiger partial charge in [0.2, 0.25) is 5.09 Å². The van der Waals surface area contributed by atoms with E-state index in [1.807, 2.05) is 0 Å². The number of nitrogens with one attached hydrogen (secondary N) is 1. The molecule has 0 unspecified atom stereocenters. The SMILES string of the molecule is Cc1cc(CNS(=O)(=O)c2ccc(C=O)o2)on1. The van der Waals surface area contributed by atoms with Gasteiger partial charge in [0.15, 0.2) is 17.8 Å². The van der Waals surface area contributed by atoms with Crippen molar-refractivity contribution in [2.75, 3.05) is 0 Å². The van der Waals surface area contributed by atoms with Crippen LogP contribution in [0.15, 0.2) is 32.2 Å². The van der Waals surface area contributed by atoms with Crippen molar-refractivity contribution in [1.29, 1.82) is 0 Å². The summed E-state index contributed by atoms with van der Waals surface area (Å²) in [6, 6.07) is 4.10. The number of aromatic nitrogens is 1. The largest absolute Gasteiger partial charge is 0.440 e. The topological polar surface area (TPSA) is 102 Å². The lowest BCUT2D eigenvalue weighted by molar-refractivity contribution is 0.109. The Morgan fingerprint density at radius 3 is 2.78 bits per heavy atom. The summed E-state index contributed by atoms with van der Waals surface area (Å²) in [7, 11) is -3.80. The molecule has 0 spiro atoms. The molecule has 0 saturated heterocycles. The molecule has 96 valence electrons. The second kappa shape index (κ2) is 4.75. The van der Waals surface area contributed by atoms with Crippen LogP contribution in [0.4, 0.5) is 0 Å². The molecule has 0 radical (unpaired) electrons. The molecule has 8 heteroatoms. The van der Waals surface area contributed by atoms with Gasteiger partial charge in [-0.15, -0.1) is 0 Å². The van der Waals surface area contributed by atoms with Gasteiger partial charge in [0, 0.05) is 6.07 Å². The van der Waals surface area contributed by atoms with Crippen molar-refractivity contribution in [3.63, 3.8) is 0 Å². The summed E-state index contributed by atoms with van der Waals surface area (Å²) in [5.74, 6) is 0.337. The average molecular weight is 270 g/mol. The van der Waals surface area contributed by atoms with Gasteiger partial charge >= 0.3 is 0 Å². The standard InChI is InChI=1S/C10H10N2O5S/c1-7-4-9(17-12-7)5-11-18(14,15)10-3-2-8(6-13)16-10/h2-4,6,11H,5H2,1H3. The van der Waals surface area contributed by atoms with Gasteiger partial charge < -0.3 is 8.94 Å². The van der Waals surface area contributed by atoms with Crippen LogP contribution < -0.4 is 4.72 Å². The Bertz CT molecular complexity index is 655. The van der Waals surface area contributed by atoms with E-state index in [0.29, 0.717) is 17.7 Å². The van der Waals surface area contributed by atoms with E-state index in [1.165, 1.54) is 12.1 Å². The first kappa shape index (κ1) is 12.5. The highest BCUT2D eigenvalue weighted by atomic mass is 32.2. The molecule has 0 bridgehead atoms. The summed E-state index contributed by atoms with van der Waals surface area (Å²) in [5, 5.41) is 3.31. The maximum atomic E-state index is 11.8. The van der Waals surface area contributed by atoms with E-state index in [2.05, 4.69) is 9.88 Å². The van der Waals surface area contributed by atoms with Crippen LogP contribution in [0.2, 0.25) is 0 Å². The van der Waals surface area contributed by atoms with Crippen molar-refractivity contribution in [3.05, 3.63) is 35.4 Å². The molecule has 0 atom stereocenters. The van der Waals surface area contributed by atoms with Crippen LogP contribution in [0.1, 0.15) is 22.0 Å². The molecule has 7 nitrogen and oxygen atoms in total. The van der Waals surface area contributed by atoms with E-state index >= 15 is 0 Å². The number of sulfonamides is 1. The molecule has 0 aliphatic carbocycles. The molecule has 0 aliphatic heterocycles. The van der Waals surface area contributed by atoms with Gasteiger partial charge in [-0.2, -0.15) is 0 Å². The molecule has 0 fully saturated rings. The Kier molecular flexibility index (Phi) is 3.30. The van der Waals surface area contributed by atoms with Crippen LogP contribution in [-0.4, -0.2) is 19.9 Å². The zero-order valence-electron chi connectivity index (χ0n) is 9.41. The number of aryl methyl sites for hydroxylation is 1. The Morgan fingerprint density at radius 2 is 2.22 bits per heavy atom. The lowest BCUT2D eigenvalue weighted by Crippen LogP contribution is -2.22. The quantitative estimate of drug-likeness (QED) is 0.808. The minimum atomic E-state index is -3.80. The Hall–Kier alpha value is -1.93. The van der Waals surface area contributed by atoms with Crippen molar-refractivity contribution in [2.45, 2.75) is 18.6 Å². The highest BCUT2D eigenvalue weighted by molar-refractivity contribution is 7.89. The molecule has 18 heavy (non-hydrogen) atoms. The predicted molar refractivity (Wildman–Crippen MR) is 59.4 cm³/mol. The lowest BCUT2D eigenvalue weighted by atomic mass is 10.4. The monoisotopic (exact) mass is 270 g/mol. The van der Waals surface area contributed by atoms with E-state index < -0.39 is 10.0 Å². The number of carbonyl (C=O) groups excluding carboxylic acids is 1. The molecular weight excluding hydrogens is 260 g/mol. The number of aldehydes is 1. The first-order valence-electron chi connectivity index (χ1n) is 4.98. The van der Waals surface area contributed by atoms with E-state index in [0.717, 1.165) is 0 Å². The van der Waals surface area contributed by atoms with Crippen molar-refractivity contribution >= 4 is 16.3 Å². The van der Waals surface area contributed by atoms with Crippen LogP contribution in [0.5, 0.6) is 0 Å². The number of hydrogen-bond acceptors (Lipinski definition) is 6. The summed E-state index contributed by atoms with van der Waals surface area (Å²) in [6.07, 6.45) is 0.429. The molecule has 2 rings (SSSR count). The van der Waals surface area contributed by atoms with Crippen LogP contribution >= 0.6 is 0 Å². The fourth-order valence-corrected chi connectivity index (χ4v) is 2.21. The number of carbonyl (C=O) groups is 1. The lowest BCUT2D eigenvalue weighted by Gasteiger charge is -2.00. The molecule has 0 amide bonds. The smallest absolute Gasteiger partial charge is 0.274 e. The molecule has 0 saturated carbocycles. The summed E-state index contributed by atoms with van der Waals surface area (Å²) < 4.78 is 35.5. The molecule has 0 aliphatic rings. The Labute approximate surface area is 103 Å². The van der Waals surface area contributed by atoms with Gasteiger partial charge in [-0.3, -0.25) is 4.79 Å². The zero-order chi connectivity index (χ0) is 13.2. The molecule has 2 aromatic heterocycles. The summed E-state index contributed by atoms with van der Waals surface area (Å²) in [4.78, 5) is 10.4. The third-order valence-electron chi connectivity index (χ3n) is 2.10. The first-order chi connectivity index (χ1) is 8.51. The van der Waals surface area contributed by atoms with Crippen molar-refractivity contribution in [3.8, 4) is 0 Å². The van der Waals surface area contributed by atoms with Gasteiger partial charge in [-0.1, -0.05) is 5.16 Å². The summed E-state index contributed by atoms with van der Waals surface area (Å²) in [5.41, 5.74) is 0.658. The third-order valence-corrected chi connectivity index (χ3v) is 3.37. The van der Waals surface area contributed by atoms with E-state index in [1.54, 1.807) is 13.0 Å². The number of rotatable bonds is 5. The van der Waals surface area contributed by atoms with Gasteiger partial charge in [-0.05, 0) is 19.1 Å². The van der Waals surface area contributed by atoms with Gasteiger partial charge in [-0.25, -0.2) is 13.1 Å². The fourth-order valence-electron chi connectivity index (χ4n) is 1.28. The zero-order valence-corrected chi connectivity index (χ0v) is 10.2. The Morgan fingerprint density at radius 1 is 1.44 bits per heavy atom. The van der Waals surface area contributed by atoms with Crippen LogP contribution in [0.3, 0.4) is 0 Å². The van der Waals surface area contributed by atoms with E-state index in [4.69, 9.17) is 8.94 Å². The second-order valence-electron chi connectivity index (χ2n) is 3.53. The summed E-state index contributed by atoms with van der Waals surface area (Å²) >= 11 is 0. The third kappa shape index (κ3) is 2.66. The van der Waals surface area contributed by atoms with Crippen LogP contribution in [0.25, 0.3) is 0 Å². The van der Waals surface area contributed by atoms with Crippen LogP contribution in [0, 0.1) is 6.92 Å². The molecule has 1 N–H and O–H groups in total. The molecule has 2 heterocycles. The number of nitrogens with zero attached hydrogens (tertiary/aromatic N) is 1. The van der Waals surface area contributed by atoms with Gasteiger partial charge in [0.25, 0.3) is 10.0 Å². The van der Waals surface area contributed by atoms with Crippen molar-refractivity contribution in [1.82, 2.24) is 9.88 Å². The average Bonchev–Trinajstić information content (AvgIpc) is 2.95. The minimum absolute atomic E-state index is 0.0414. The van der Waals surface area contributed by atoms with Crippen LogP contribution in [-0.2, 0) is 16.6 Å². The normalized spacial score (nSPS) is 11.6. The van der Waals surface area contributed by atoms with Gasteiger partial charge in [0.1, 0.15) is 0 Å². The van der Waals surface area contributed by atoms with Crippen molar-refractivity contribution in [2.24, 2.45) is 0 Å². The van der Waals surface area contributed by atoms with E-state index in [9.17, 15) is 13.2 Å². The highest BCUT2D eigenvalue weighted by Crippen LogP contribution is 2.13.